The number of hydrogen-bond donors (Lipinski definition) is 1. The predicted octanol–water partition coefficient (Wildman–Crippen LogP) is 1.97. The highest BCUT2D eigenvalue weighted by atomic mass is 35.5. The fraction of sp³-hybridized carbons (Fsp3) is 0.333. The number of aromatic nitrogens is 1. The van der Waals surface area contributed by atoms with Crippen LogP contribution >= 0.6 is 11.6 Å². The molecule has 0 aromatic carbocycles. The van der Waals surface area contributed by atoms with Crippen LogP contribution in [0.2, 0.25) is 5.15 Å². The number of pyridine rings is 1. The number of halogens is 1. The van der Waals surface area contributed by atoms with Crippen LogP contribution in [0.3, 0.4) is 0 Å². The van der Waals surface area contributed by atoms with Crippen LogP contribution in [0, 0.1) is 0 Å². The van der Waals surface area contributed by atoms with Crippen molar-refractivity contribution in [3.63, 3.8) is 0 Å². The first-order valence-electron chi connectivity index (χ1n) is 4.13. The van der Waals surface area contributed by atoms with Crippen LogP contribution in [-0.4, -0.2) is 28.0 Å². The van der Waals surface area contributed by atoms with E-state index in [-0.39, 0.29) is 0 Å². The van der Waals surface area contributed by atoms with Gasteiger partial charge in [-0.2, -0.15) is 0 Å². The lowest BCUT2D eigenvalue weighted by molar-refractivity contribution is 0.304. The molecule has 0 bridgehead atoms. The molecule has 0 unspecified atom stereocenters. The minimum Gasteiger partial charge on any atom is -0.409 e. The van der Waals surface area contributed by atoms with Crippen LogP contribution < -0.4 is 0 Å². The summed E-state index contributed by atoms with van der Waals surface area (Å²) in [6, 6.07) is 3.62. The van der Waals surface area contributed by atoms with Crippen molar-refractivity contribution in [2.45, 2.75) is 13.5 Å². The molecule has 0 saturated carbocycles. The molecule has 1 aromatic rings. The van der Waals surface area contributed by atoms with Gasteiger partial charge in [0.05, 0.1) is 0 Å². The Hall–Kier alpha value is -1.29. The van der Waals surface area contributed by atoms with Crippen molar-refractivity contribution in [1.82, 2.24) is 9.88 Å². The topological polar surface area (TPSA) is 48.7 Å². The maximum atomic E-state index is 8.54. The second-order valence-corrected chi connectivity index (χ2v) is 3.38. The van der Waals surface area contributed by atoms with Gasteiger partial charge in [0.1, 0.15) is 11.0 Å². The average Bonchev–Trinajstić information content (AvgIpc) is 2.20. The summed E-state index contributed by atoms with van der Waals surface area (Å²) in [6.45, 7) is 2.36. The molecule has 1 N–H and O–H groups in total. The van der Waals surface area contributed by atoms with Crippen LogP contribution in [0.25, 0.3) is 0 Å². The lowest BCUT2D eigenvalue weighted by Crippen LogP contribution is -2.23. The molecule has 1 rings (SSSR count). The Kier molecular flexibility index (Phi) is 3.71. The first-order valence-corrected chi connectivity index (χ1v) is 4.51. The maximum absolute atomic E-state index is 8.54. The SMILES string of the molecule is C/C(=N\O)N(C)Cc1ccc(Cl)nc1. The highest BCUT2D eigenvalue weighted by Crippen LogP contribution is 2.07. The molecule has 76 valence electrons. The van der Waals surface area contributed by atoms with Gasteiger partial charge in [0.2, 0.25) is 0 Å². The van der Waals surface area contributed by atoms with Gasteiger partial charge in [-0.05, 0) is 18.6 Å². The van der Waals surface area contributed by atoms with E-state index in [1.807, 2.05) is 18.0 Å². The van der Waals surface area contributed by atoms with Crippen molar-refractivity contribution in [2.24, 2.45) is 5.16 Å². The number of nitrogens with zero attached hydrogens (tertiary/aromatic N) is 3. The van der Waals surface area contributed by atoms with Crippen molar-refractivity contribution in [2.75, 3.05) is 7.05 Å². The molecular weight excluding hydrogens is 202 g/mol. The Morgan fingerprint density at radius 2 is 2.36 bits per heavy atom. The van der Waals surface area contributed by atoms with Gasteiger partial charge < -0.3 is 10.1 Å². The zero-order valence-corrected chi connectivity index (χ0v) is 8.86. The Morgan fingerprint density at radius 3 is 2.86 bits per heavy atom. The van der Waals surface area contributed by atoms with E-state index in [1.54, 1.807) is 19.2 Å². The monoisotopic (exact) mass is 213 g/mol. The summed E-state index contributed by atoms with van der Waals surface area (Å²) in [5.74, 6) is 0.556. The smallest absolute Gasteiger partial charge is 0.141 e. The molecule has 0 aliphatic carbocycles. The molecule has 0 aliphatic rings. The molecule has 14 heavy (non-hydrogen) atoms. The van der Waals surface area contributed by atoms with Crippen molar-refractivity contribution < 1.29 is 5.21 Å². The van der Waals surface area contributed by atoms with E-state index in [9.17, 15) is 0 Å². The molecular formula is C9H12ClN3O. The Bertz CT molecular complexity index is 323. The van der Waals surface area contributed by atoms with E-state index in [1.165, 1.54) is 0 Å². The quantitative estimate of drug-likeness (QED) is 0.269. The second kappa shape index (κ2) is 4.81. The number of hydrogen-bond acceptors (Lipinski definition) is 3. The van der Waals surface area contributed by atoms with Crippen molar-refractivity contribution in [3.05, 3.63) is 29.0 Å². The van der Waals surface area contributed by atoms with Gasteiger partial charge >= 0.3 is 0 Å². The third-order valence-electron chi connectivity index (χ3n) is 1.91. The third-order valence-corrected chi connectivity index (χ3v) is 2.13. The summed E-state index contributed by atoms with van der Waals surface area (Å²) in [4.78, 5) is 5.76. The molecule has 1 heterocycles. The maximum Gasteiger partial charge on any atom is 0.141 e. The molecule has 0 saturated heterocycles. The van der Waals surface area contributed by atoms with Gasteiger partial charge in [-0.3, -0.25) is 0 Å². The first kappa shape index (κ1) is 10.8. The van der Waals surface area contributed by atoms with Gasteiger partial charge in [-0.15, -0.1) is 0 Å². The van der Waals surface area contributed by atoms with Gasteiger partial charge in [0.25, 0.3) is 0 Å². The van der Waals surface area contributed by atoms with Gasteiger partial charge in [0.15, 0.2) is 0 Å². The Labute approximate surface area is 87.8 Å². The first-order chi connectivity index (χ1) is 6.63. The van der Waals surface area contributed by atoms with Crippen LogP contribution in [0.4, 0.5) is 0 Å². The van der Waals surface area contributed by atoms with Crippen molar-refractivity contribution in [1.29, 1.82) is 0 Å². The van der Waals surface area contributed by atoms with E-state index >= 15 is 0 Å². The molecule has 0 radical (unpaired) electrons. The summed E-state index contributed by atoms with van der Waals surface area (Å²) in [6.07, 6.45) is 1.70. The summed E-state index contributed by atoms with van der Waals surface area (Å²) >= 11 is 5.65. The average molecular weight is 214 g/mol. The van der Waals surface area contributed by atoms with Crippen molar-refractivity contribution in [3.8, 4) is 0 Å². The fourth-order valence-corrected chi connectivity index (χ4v) is 1.08. The molecule has 0 atom stereocenters. The highest BCUT2D eigenvalue weighted by Gasteiger charge is 2.02. The van der Waals surface area contributed by atoms with E-state index in [0.717, 1.165) is 5.56 Å². The van der Waals surface area contributed by atoms with Gasteiger partial charge in [-0.1, -0.05) is 22.8 Å². The van der Waals surface area contributed by atoms with E-state index in [2.05, 4.69) is 10.1 Å². The Balaban J connectivity index is 2.65. The van der Waals surface area contributed by atoms with E-state index < -0.39 is 0 Å². The summed E-state index contributed by atoms with van der Waals surface area (Å²) in [7, 11) is 1.84. The second-order valence-electron chi connectivity index (χ2n) is 2.99. The molecule has 4 nitrogen and oxygen atoms in total. The third kappa shape index (κ3) is 2.88. The number of oxime groups is 1. The predicted molar refractivity (Wildman–Crippen MR) is 55.6 cm³/mol. The van der Waals surface area contributed by atoms with E-state index in [0.29, 0.717) is 17.5 Å². The minimum absolute atomic E-state index is 0.476. The molecule has 1 aromatic heterocycles. The zero-order chi connectivity index (χ0) is 10.6. The highest BCUT2D eigenvalue weighted by molar-refractivity contribution is 6.29. The Morgan fingerprint density at radius 1 is 1.64 bits per heavy atom. The largest absolute Gasteiger partial charge is 0.409 e. The van der Waals surface area contributed by atoms with Crippen molar-refractivity contribution >= 4 is 17.4 Å². The summed E-state index contributed by atoms with van der Waals surface area (Å²) in [5, 5.41) is 12.1. The fourth-order valence-electron chi connectivity index (χ4n) is 0.965. The van der Waals surface area contributed by atoms with E-state index in [4.69, 9.17) is 16.8 Å². The van der Waals surface area contributed by atoms with Crippen LogP contribution in [0.1, 0.15) is 12.5 Å². The lowest BCUT2D eigenvalue weighted by Gasteiger charge is -2.16. The van der Waals surface area contributed by atoms with Crippen LogP contribution in [0.5, 0.6) is 0 Å². The normalized spacial score (nSPS) is 11.5. The standard InChI is InChI=1S/C9H12ClN3O/c1-7(12-14)13(2)6-8-3-4-9(10)11-5-8/h3-5,14H,6H2,1-2H3/b12-7+. The minimum atomic E-state index is 0.476. The number of amidine groups is 1. The zero-order valence-electron chi connectivity index (χ0n) is 8.11. The van der Waals surface area contributed by atoms with Crippen LogP contribution in [-0.2, 0) is 6.54 Å². The van der Waals surface area contributed by atoms with Gasteiger partial charge in [0, 0.05) is 19.8 Å². The molecule has 5 heteroatoms. The summed E-state index contributed by atoms with van der Waals surface area (Å²) in [5.41, 5.74) is 1.01. The molecule has 0 fully saturated rings. The lowest BCUT2D eigenvalue weighted by atomic mass is 10.3. The summed E-state index contributed by atoms with van der Waals surface area (Å²) < 4.78 is 0. The molecule has 0 spiro atoms. The molecule has 0 amide bonds. The molecule has 0 aliphatic heterocycles. The van der Waals surface area contributed by atoms with Gasteiger partial charge in [-0.25, -0.2) is 4.98 Å². The van der Waals surface area contributed by atoms with Crippen LogP contribution in [0.15, 0.2) is 23.5 Å². The number of rotatable bonds is 2.